The largest absolute Gasteiger partial charge is 0.495 e. The molecule has 110 valence electrons. The summed E-state index contributed by atoms with van der Waals surface area (Å²) in [6.07, 6.45) is 0. The number of aryl methyl sites for hydroxylation is 2. The summed E-state index contributed by atoms with van der Waals surface area (Å²) in [6.45, 7) is 4.32. The normalized spacial score (nSPS) is 10.0. The van der Waals surface area contributed by atoms with Crippen molar-refractivity contribution in [3.63, 3.8) is 0 Å². The standard InChI is InChI=1S/C17H20N2O2/c1-12-8-9-14(10-13(12)2)18-11-17(20)19-15-6-4-5-7-16(15)21-3/h4-10,18H,11H2,1-3H3,(H,19,20). The SMILES string of the molecule is COc1ccccc1NC(=O)CNc1ccc(C)c(C)c1. The maximum Gasteiger partial charge on any atom is 0.243 e. The number of rotatable bonds is 5. The van der Waals surface area contributed by atoms with E-state index >= 15 is 0 Å². The van der Waals surface area contributed by atoms with Crippen LogP contribution in [0.3, 0.4) is 0 Å². The highest BCUT2D eigenvalue weighted by atomic mass is 16.5. The average Bonchev–Trinajstić information content (AvgIpc) is 2.49. The van der Waals surface area contributed by atoms with Crippen molar-refractivity contribution < 1.29 is 9.53 Å². The van der Waals surface area contributed by atoms with Crippen molar-refractivity contribution in [3.05, 3.63) is 53.6 Å². The van der Waals surface area contributed by atoms with E-state index in [1.807, 2.05) is 42.5 Å². The Morgan fingerprint density at radius 2 is 1.86 bits per heavy atom. The van der Waals surface area contributed by atoms with E-state index in [1.165, 1.54) is 11.1 Å². The summed E-state index contributed by atoms with van der Waals surface area (Å²) in [5, 5.41) is 5.95. The summed E-state index contributed by atoms with van der Waals surface area (Å²) in [6, 6.07) is 13.4. The molecule has 4 heteroatoms. The molecule has 1 amide bonds. The Hall–Kier alpha value is -2.49. The van der Waals surface area contributed by atoms with Gasteiger partial charge in [0.25, 0.3) is 0 Å². The van der Waals surface area contributed by atoms with Crippen LogP contribution in [-0.4, -0.2) is 19.6 Å². The lowest BCUT2D eigenvalue weighted by Crippen LogP contribution is -2.22. The van der Waals surface area contributed by atoms with E-state index in [-0.39, 0.29) is 12.5 Å². The minimum atomic E-state index is -0.113. The summed E-state index contributed by atoms with van der Waals surface area (Å²) in [4.78, 5) is 12.0. The van der Waals surface area contributed by atoms with Gasteiger partial charge in [-0.15, -0.1) is 0 Å². The molecule has 2 aromatic carbocycles. The van der Waals surface area contributed by atoms with Crippen molar-refractivity contribution in [2.24, 2.45) is 0 Å². The monoisotopic (exact) mass is 284 g/mol. The number of hydrogen-bond donors (Lipinski definition) is 2. The second-order valence-electron chi connectivity index (χ2n) is 4.90. The number of amides is 1. The van der Waals surface area contributed by atoms with Gasteiger partial charge in [-0.05, 0) is 49.2 Å². The molecule has 0 unspecified atom stereocenters. The van der Waals surface area contributed by atoms with Crippen LogP contribution in [0.25, 0.3) is 0 Å². The zero-order valence-electron chi connectivity index (χ0n) is 12.6. The molecule has 0 aromatic heterocycles. The first-order valence-electron chi connectivity index (χ1n) is 6.84. The highest BCUT2D eigenvalue weighted by Gasteiger charge is 2.06. The van der Waals surface area contributed by atoms with Gasteiger partial charge in [0.1, 0.15) is 5.75 Å². The number of methoxy groups -OCH3 is 1. The van der Waals surface area contributed by atoms with Gasteiger partial charge in [0.15, 0.2) is 0 Å². The van der Waals surface area contributed by atoms with Crippen LogP contribution in [0.1, 0.15) is 11.1 Å². The molecule has 21 heavy (non-hydrogen) atoms. The van der Waals surface area contributed by atoms with Crippen LogP contribution in [0, 0.1) is 13.8 Å². The fourth-order valence-corrected chi connectivity index (χ4v) is 1.98. The Morgan fingerprint density at radius 3 is 2.57 bits per heavy atom. The molecule has 0 saturated carbocycles. The second-order valence-corrected chi connectivity index (χ2v) is 4.90. The van der Waals surface area contributed by atoms with Gasteiger partial charge in [-0.3, -0.25) is 4.79 Å². The Morgan fingerprint density at radius 1 is 1.10 bits per heavy atom. The van der Waals surface area contributed by atoms with Crippen molar-refractivity contribution in [2.75, 3.05) is 24.3 Å². The quantitative estimate of drug-likeness (QED) is 0.885. The summed E-state index contributed by atoms with van der Waals surface area (Å²) >= 11 is 0. The third-order valence-corrected chi connectivity index (χ3v) is 3.34. The maximum atomic E-state index is 12.0. The molecule has 0 spiro atoms. The van der Waals surface area contributed by atoms with Crippen LogP contribution in [-0.2, 0) is 4.79 Å². The van der Waals surface area contributed by atoms with E-state index in [0.29, 0.717) is 11.4 Å². The number of carbonyl (C=O) groups is 1. The minimum absolute atomic E-state index is 0.113. The number of nitrogens with one attached hydrogen (secondary N) is 2. The molecule has 0 aliphatic heterocycles. The molecule has 0 aliphatic carbocycles. The number of hydrogen-bond acceptors (Lipinski definition) is 3. The first-order chi connectivity index (χ1) is 10.1. The van der Waals surface area contributed by atoms with E-state index in [1.54, 1.807) is 7.11 Å². The molecule has 0 atom stereocenters. The van der Waals surface area contributed by atoms with Gasteiger partial charge in [-0.2, -0.15) is 0 Å². The van der Waals surface area contributed by atoms with E-state index in [0.717, 1.165) is 5.69 Å². The smallest absolute Gasteiger partial charge is 0.243 e. The van der Waals surface area contributed by atoms with Crippen LogP contribution in [0.4, 0.5) is 11.4 Å². The van der Waals surface area contributed by atoms with Gasteiger partial charge in [0.05, 0.1) is 19.3 Å². The first-order valence-corrected chi connectivity index (χ1v) is 6.84. The Balaban J connectivity index is 1.94. The Kier molecular flexibility index (Phi) is 4.82. The van der Waals surface area contributed by atoms with Crippen molar-refractivity contribution in [1.82, 2.24) is 0 Å². The number of benzene rings is 2. The van der Waals surface area contributed by atoms with Gasteiger partial charge in [0, 0.05) is 5.69 Å². The van der Waals surface area contributed by atoms with Crippen LogP contribution in [0.15, 0.2) is 42.5 Å². The fraction of sp³-hybridized carbons (Fsp3) is 0.235. The zero-order valence-corrected chi connectivity index (χ0v) is 12.6. The van der Waals surface area contributed by atoms with Crippen molar-refractivity contribution in [2.45, 2.75) is 13.8 Å². The molecule has 0 heterocycles. The number of para-hydroxylation sites is 2. The Bertz CT molecular complexity index is 638. The lowest BCUT2D eigenvalue weighted by atomic mass is 10.1. The van der Waals surface area contributed by atoms with Gasteiger partial charge in [0.2, 0.25) is 5.91 Å². The van der Waals surface area contributed by atoms with Crippen LogP contribution in [0.5, 0.6) is 5.75 Å². The maximum absolute atomic E-state index is 12.0. The number of carbonyl (C=O) groups excluding carboxylic acids is 1. The second kappa shape index (κ2) is 6.79. The van der Waals surface area contributed by atoms with Crippen molar-refractivity contribution >= 4 is 17.3 Å². The third-order valence-electron chi connectivity index (χ3n) is 3.34. The van der Waals surface area contributed by atoms with Gasteiger partial charge < -0.3 is 15.4 Å². The minimum Gasteiger partial charge on any atom is -0.495 e. The molecule has 0 radical (unpaired) electrons. The van der Waals surface area contributed by atoms with Gasteiger partial charge in [-0.25, -0.2) is 0 Å². The molecule has 0 fully saturated rings. The number of anilines is 2. The summed E-state index contributed by atoms with van der Waals surface area (Å²) < 4.78 is 5.20. The molecular formula is C17H20N2O2. The summed E-state index contributed by atoms with van der Waals surface area (Å²) in [7, 11) is 1.58. The van der Waals surface area contributed by atoms with E-state index < -0.39 is 0 Å². The molecule has 2 rings (SSSR count). The van der Waals surface area contributed by atoms with Crippen molar-refractivity contribution in [3.8, 4) is 5.75 Å². The van der Waals surface area contributed by atoms with E-state index in [9.17, 15) is 4.79 Å². The molecule has 2 aromatic rings. The molecule has 2 N–H and O–H groups in total. The fourth-order valence-electron chi connectivity index (χ4n) is 1.98. The molecule has 4 nitrogen and oxygen atoms in total. The Labute approximate surface area is 125 Å². The molecular weight excluding hydrogens is 264 g/mol. The molecule has 0 saturated heterocycles. The topological polar surface area (TPSA) is 50.4 Å². The third kappa shape index (κ3) is 3.99. The predicted octanol–water partition coefficient (Wildman–Crippen LogP) is 3.36. The van der Waals surface area contributed by atoms with Gasteiger partial charge >= 0.3 is 0 Å². The lowest BCUT2D eigenvalue weighted by Gasteiger charge is -2.11. The first kappa shape index (κ1) is 14.9. The summed E-state index contributed by atoms with van der Waals surface area (Å²) in [5.74, 6) is 0.537. The molecule has 0 aliphatic rings. The predicted molar refractivity (Wildman–Crippen MR) is 86.0 cm³/mol. The highest BCUT2D eigenvalue weighted by Crippen LogP contribution is 2.22. The van der Waals surface area contributed by atoms with Crippen LogP contribution >= 0.6 is 0 Å². The average molecular weight is 284 g/mol. The van der Waals surface area contributed by atoms with Crippen molar-refractivity contribution in [1.29, 1.82) is 0 Å². The number of ether oxygens (including phenoxy) is 1. The molecule has 0 bridgehead atoms. The lowest BCUT2D eigenvalue weighted by molar-refractivity contribution is -0.114. The highest BCUT2D eigenvalue weighted by molar-refractivity contribution is 5.95. The summed E-state index contributed by atoms with van der Waals surface area (Å²) in [5.41, 5.74) is 4.05. The zero-order chi connectivity index (χ0) is 15.2. The van der Waals surface area contributed by atoms with E-state index in [2.05, 4.69) is 24.5 Å². The van der Waals surface area contributed by atoms with Crippen LogP contribution < -0.4 is 15.4 Å². The van der Waals surface area contributed by atoms with E-state index in [4.69, 9.17) is 4.74 Å². The van der Waals surface area contributed by atoms with Crippen LogP contribution in [0.2, 0.25) is 0 Å². The van der Waals surface area contributed by atoms with Gasteiger partial charge in [-0.1, -0.05) is 18.2 Å².